The third kappa shape index (κ3) is 5.10. The number of nitrogens with two attached hydrogens (primary N) is 2. The minimum absolute atomic E-state index is 0.184. The molecule has 1 aromatic rings. The van der Waals surface area contributed by atoms with E-state index in [1.54, 1.807) is 7.05 Å². The summed E-state index contributed by atoms with van der Waals surface area (Å²) in [5.41, 5.74) is -0.742. The van der Waals surface area contributed by atoms with Gasteiger partial charge in [-0.2, -0.15) is 5.10 Å². The number of hydrogen-bond acceptors (Lipinski definition) is 5. The van der Waals surface area contributed by atoms with Gasteiger partial charge < -0.3 is 10.6 Å². The predicted octanol–water partition coefficient (Wildman–Crippen LogP) is 0.797. The summed E-state index contributed by atoms with van der Waals surface area (Å²) in [4.78, 5) is 24.5. The number of aromatic nitrogens is 2. The third-order valence-electron chi connectivity index (χ3n) is 2.78. The largest absolute Gasteiger partial charge is 0.338 e. The van der Waals surface area contributed by atoms with Crippen molar-refractivity contribution in [3.63, 3.8) is 0 Å². The summed E-state index contributed by atoms with van der Waals surface area (Å²) < 4.78 is 1.36. The normalized spacial score (nSPS) is 11.9. The Labute approximate surface area is 142 Å². The number of carbonyl (C=O) groups is 2. The van der Waals surface area contributed by atoms with Gasteiger partial charge in [-0.1, -0.05) is 0 Å². The molecular weight excluding hydrogens is 312 g/mol. The summed E-state index contributed by atoms with van der Waals surface area (Å²) in [5.74, 6) is 12.0. The van der Waals surface area contributed by atoms with Crippen LogP contribution in [0.3, 0.4) is 0 Å². The Kier molecular flexibility index (Phi) is 5.47. The van der Waals surface area contributed by atoms with Crippen molar-refractivity contribution in [1.29, 1.82) is 0 Å². The van der Waals surface area contributed by atoms with Crippen molar-refractivity contribution >= 4 is 23.6 Å². The average Bonchev–Trinajstić information content (AvgIpc) is 2.74. The lowest BCUT2D eigenvalue weighted by molar-refractivity contribution is 0.235. The van der Waals surface area contributed by atoms with E-state index in [1.165, 1.54) is 10.9 Å². The van der Waals surface area contributed by atoms with Crippen LogP contribution >= 0.6 is 0 Å². The monoisotopic (exact) mass is 340 g/mol. The van der Waals surface area contributed by atoms with Crippen LogP contribution in [-0.2, 0) is 7.05 Å². The van der Waals surface area contributed by atoms with Crippen molar-refractivity contribution in [3.05, 3.63) is 6.20 Å². The molecule has 1 aromatic heterocycles. The van der Waals surface area contributed by atoms with Gasteiger partial charge >= 0.3 is 12.1 Å². The Morgan fingerprint density at radius 2 is 1.42 bits per heavy atom. The van der Waals surface area contributed by atoms with Gasteiger partial charge in [0.1, 0.15) is 5.69 Å². The minimum atomic E-state index is -0.544. The molecular formula is C14H28N8O2. The zero-order valence-corrected chi connectivity index (χ0v) is 15.3. The number of hydrazine groups is 2. The van der Waals surface area contributed by atoms with Gasteiger partial charge in [0.25, 0.3) is 0 Å². The molecule has 0 bridgehead atoms. The molecule has 0 saturated heterocycles. The molecule has 0 spiro atoms. The summed E-state index contributed by atoms with van der Waals surface area (Å²) >= 11 is 0. The van der Waals surface area contributed by atoms with Crippen LogP contribution in [0.5, 0.6) is 0 Å². The zero-order chi connectivity index (χ0) is 18.9. The van der Waals surface area contributed by atoms with Gasteiger partial charge in [-0.15, -0.1) is 0 Å². The first kappa shape index (κ1) is 19.7. The van der Waals surface area contributed by atoms with Crippen LogP contribution in [0.2, 0.25) is 0 Å². The minimum Gasteiger partial charge on any atom is -0.332 e. The number of amides is 4. The van der Waals surface area contributed by atoms with Gasteiger partial charge in [0.2, 0.25) is 0 Å². The van der Waals surface area contributed by atoms with E-state index in [4.69, 9.17) is 11.7 Å². The summed E-state index contributed by atoms with van der Waals surface area (Å²) in [6, 6.07) is -1.08. The number of urea groups is 2. The molecule has 0 unspecified atom stereocenters. The summed E-state index contributed by atoms with van der Waals surface area (Å²) in [6.45, 7) is 11.0. The summed E-state index contributed by atoms with van der Waals surface area (Å²) in [5, 5.41) is 11.2. The number of nitrogens with zero attached hydrogens (tertiary/aromatic N) is 4. The Bertz CT molecular complexity index is 611. The van der Waals surface area contributed by atoms with Crippen LogP contribution in [0.15, 0.2) is 6.20 Å². The Hall–Kier alpha value is -2.33. The van der Waals surface area contributed by atoms with Gasteiger partial charge in [0, 0.05) is 18.1 Å². The maximum atomic E-state index is 12.3. The third-order valence-corrected chi connectivity index (χ3v) is 2.78. The average molecular weight is 340 g/mol. The molecule has 1 heterocycles. The molecule has 24 heavy (non-hydrogen) atoms. The second-order valence-electron chi connectivity index (χ2n) is 7.58. The zero-order valence-electron chi connectivity index (χ0n) is 15.3. The van der Waals surface area contributed by atoms with Crippen LogP contribution in [0.4, 0.5) is 21.1 Å². The smallest absolute Gasteiger partial charge is 0.332 e. The van der Waals surface area contributed by atoms with Gasteiger partial charge in [0.15, 0.2) is 5.82 Å². The fourth-order valence-corrected chi connectivity index (χ4v) is 1.84. The van der Waals surface area contributed by atoms with E-state index in [1.807, 2.05) is 41.5 Å². The molecule has 0 aromatic carbocycles. The standard InChI is InChI=1S/C14H28N8O2/c1-13(2,3)18-11(23)21(15)9-8-17-20(7)10(9)22(16)12(24)19-14(4,5)6/h8H,15-16H2,1-7H3,(H,18,23)(H,19,24). The summed E-state index contributed by atoms with van der Waals surface area (Å²) in [7, 11) is 1.60. The molecule has 0 aliphatic carbocycles. The highest BCUT2D eigenvalue weighted by atomic mass is 16.2. The highest BCUT2D eigenvalue weighted by molar-refractivity contribution is 5.99. The lowest BCUT2D eigenvalue weighted by atomic mass is 10.1. The molecule has 10 heteroatoms. The molecule has 0 aliphatic rings. The molecule has 136 valence electrons. The van der Waals surface area contributed by atoms with Crippen molar-refractivity contribution in [2.75, 3.05) is 10.0 Å². The molecule has 0 aliphatic heterocycles. The molecule has 6 N–H and O–H groups in total. The van der Waals surface area contributed by atoms with Crippen LogP contribution < -0.4 is 32.3 Å². The van der Waals surface area contributed by atoms with E-state index in [9.17, 15) is 9.59 Å². The van der Waals surface area contributed by atoms with E-state index in [-0.39, 0.29) is 11.5 Å². The number of aryl methyl sites for hydroxylation is 1. The Balaban J connectivity index is 3.09. The van der Waals surface area contributed by atoms with Gasteiger partial charge in [-0.3, -0.25) is 0 Å². The topological polar surface area (TPSA) is 135 Å². The molecule has 4 amide bonds. The van der Waals surface area contributed by atoms with E-state index in [0.29, 0.717) is 0 Å². The maximum Gasteiger partial charge on any atom is 0.338 e. The van der Waals surface area contributed by atoms with Crippen LogP contribution in [0.1, 0.15) is 41.5 Å². The molecule has 0 saturated carbocycles. The van der Waals surface area contributed by atoms with Crippen molar-refractivity contribution < 1.29 is 9.59 Å². The van der Waals surface area contributed by atoms with Crippen LogP contribution in [0, 0.1) is 0 Å². The molecule has 0 atom stereocenters. The van der Waals surface area contributed by atoms with E-state index >= 15 is 0 Å². The number of carbonyl (C=O) groups excluding carboxylic acids is 2. The highest BCUT2D eigenvalue weighted by Gasteiger charge is 2.28. The number of nitrogens with one attached hydrogen (secondary N) is 2. The lowest BCUT2D eigenvalue weighted by Gasteiger charge is -2.28. The SMILES string of the molecule is Cn1ncc(N(N)C(=O)NC(C)(C)C)c1N(N)C(=O)NC(C)(C)C. The number of anilines is 2. The van der Waals surface area contributed by atoms with Crippen LogP contribution in [-0.4, -0.2) is 32.9 Å². The second-order valence-corrected chi connectivity index (χ2v) is 7.58. The van der Waals surface area contributed by atoms with E-state index < -0.39 is 23.1 Å². The second kappa shape index (κ2) is 6.65. The number of rotatable bonds is 2. The van der Waals surface area contributed by atoms with Gasteiger partial charge in [0.05, 0.1) is 6.20 Å². The lowest BCUT2D eigenvalue weighted by Crippen LogP contribution is -2.54. The van der Waals surface area contributed by atoms with Crippen molar-refractivity contribution in [2.24, 2.45) is 18.7 Å². The van der Waals surface area contributed by atoms with Gasteiger partial charge in [-0.25, -0.2) is 36.0 Å². The fourth-order valence-electron chi connectivity index (χ4n) is 1.84. The Morgan fingerprint density at radius 1 is 1.00 bits per heavy atom. The number of hydrogen-bond donors (Lipinski definition) is 4. The molecule has 1 rings (SSSR count). The quantitative estimate of drug-likeness (QED) is 0.359. The molecule has 0 radical (unpaired) electrons. The predicted molar refractivity (Wildman–Crippen MR) is 93.1 cm³/mol. The van der Waals surface area contributed by atoms with Crippen molar-refractivity contribution in [1.82, 2.24) is 20.4 Å². The van der Waals surface area contributed by atoms with E-state index in [0.717, 1.165) is 10.0 Å². The first-order chi connectivity index (χ1) is 10.7. The first-order valence-corrected chi connectivity index (χ1v) is 7.49. The Morgan fingerprint density at radius 3 is 1.83 bits per heavy atom. The maximum absolute atomic E-state index is 12.3. The molecule has 0 fully saturated rings. The van der Waals surface area contributed by atoms with E-state index in [2.05, 4.69) is 15.7 Å². The highest BCUT2D eigenvalue weighted by Crippen LogP contribution is 2.26. The van der Waals surface area contributed by atoms with Gasteiger partial charge in [-0.05, 0) is 41.5 Å². The summed E-state index contributed by atoms with van der Waals surface area (Å²) in [6.07, 6.45) is 1.36. The molecule has 10 nitrogen and oxygen atoms in total. The van der Waals surface area contributed by atoms with Crippen molar-refractivity contribution in [2.45, 2.75) is 52.6 Å². The fraction of sp³-hybridized carbons (Fsp3) is 0.643. The first-order valence-electron chi connectivity index (χ1n) is 7.49. The van der Waals surface area contributed by atoms with Crippen molar-refractivity contribution in [3.8, 4) is 0 Å². The van der Waals surface area contributed by atoms with Crippen LogP contribution in [0.25, 0.3) is 0 Å².